The molecule has 0 aliphatic heterocycles. The molecule has 84 valence electrons. The first kappa shape index (κ1) is 7.45. The number of hydrogen-bond donors (Lipinski definition) is 0. The van der Waals surface area contributed by atoms with Crippen molar-refractivity contribution < 1.29 is 4.11 Å². The number of aryl methyl sites for hydroxylation is 1. The number of fused-ring (bicyclic) bond motifs is 1. The Morgan fingerprint density at radius 1 is 1.24 bits per heavy atom. The fourth-order valence-electron chi connectivity index (χ4n) is 1.72. The summed E-state index contributed by atoms with van der Waals surface area (Å²) in [6.45, 7) is -2.39. The van der Waals surface area contributed by atoms with E-state index in [9.17, 15) is 0 Å². The van der Waals surface area contributed by atoms with Gasteiger partial charge in [0, 0.05) is 22.8 Å². The van der Waals surface area contributed by atoms with Crippen molar-refractivity contribution in [3.63, 3.8) is 0 Å². The molecule has 2 heterocycles. The van der Waals surface area contributed by atoms with Crippen molar-refractivity contribution in [3.05, 3.63) is 47.9 Å². The summed E-state index contributed by atoms with van der Waals surface area (Å²) in [4.78, 5) is 8.16. The number of halogens is 1. The molecule has 0 saturated heterocycles. The van der Waals surface area contributed by atoms with Crippen LogP contribution in [0, 0.1) is 0 Å². The lowest BCUT2D eigenvalue weighted by Gasteiger charge is -2.01. The Labute approximate surface area is 108 Å². The van der Waals surface area contributed by atoms with Crippen LogP contribution in [0.25, 0.3) is 22.3 Å². The maximum atomic E-state index is 7.53. The van der Waals surface area contributed by atoms with Crippen molar-refractivity contribution >= 4 is 22.8 Å². The number of imidazole rings is 1. The van der Waals surface area contributed by atoms with Gasteiger partial charge in [-0.05, 0) is 23.2 Å². The first-order valence-corrected chi connectivity index (χ1v) is 5.44. The van der Waals surface area contributed by atoms with Crippen LogP contribution < -0.4 is 0 Å². The summed E-state index contributed by atoms with van der Waals surface area (Å²) >= 11 is 5.90. The van der Waals surface area contributed by atoms with E-state index in [1.807, 2.05) is 30.3 Å². The number of nitrogens with zero attached hydrogens (tertiary/aromatic N) is 3. The molecule has 0 bridgehead atoms. The second-order valence-electron chi connectivity index (χ2n) is 3.65. The van der Waals surface area contributed by atoms with Crippen LogP contribution in [0.15, 0.2) is 42.6 Å². The van der Waals surface area contributed by atoms with Gasteiger partial charge in [-0.2, -0.15) is 4.98 Å². The van der Waals surface area contributed by atoms with E-state index in [4.69, 9.17) is 15.7 Å². The highest BCUT2D eigenvalue weighted by molar-refractivity contribution is 6.29. The Kier molecular flexibility index (Phi) is 1.69. The molecule has 0 radical (unpaired) electrons. The molecule has 0 fully saturated rings. The summed E-state index contributed by atoms with van der Waals surface area (Å²) in [7, 11) is 0. The quantitative estimate of drug-likeness (QED) is 0.660. The zero-order valence-electron chi connectivity index (χ0n) is 11.8. The Bertz CT molecular complexity index is 766. The van der Waals surface area contributed by atoms with Gasteiger partial charge in [-0.25, -0.2) is 4.98 Å². The second-order valence-corrected chi connectivity index (χ2v) is 3.99. The Balaban J connectivity index is 2.25. The molecule has 3 aromatic rings. The third-order valence-corrected chi connectivity index (χ3v) is 2.83. The molecular weight excluding hydrogens is 234 g/mol. The molecule has 0 aliphatic carbocycles. The highest BCUT2D eigenvalue weighted by atomic mass is 35.5. The van der Waals surface area contributed by atoms with Gasteiger partial charge < -0.3 is 4.57 Å². The smallest absolute Gasteiger partial charge is 0.205 e. The van der Waals surface area contributed by atoms with Crippen molar-refractivity contribution in [1.29, 1.82) is 0 Å². The second kappa shape index (κ2) is 3.86. The van der Waals surface area contributed by atoms with Gasteiger partial charge in [0.1, 0.15) is 0 Å². The van der Waals surface area contributed by atoms with E-state index in [2.05, 4.69) is 9.97 Å². The van der Waals surface area contributed by atoms with Crippen molar-refractivity contribution in [2.24, 2.45) is 6.98 Å². The molecule has 0 N–H and O–H groups in total. The van der Waals surface area contributed by atoms with E-state index < -0.39 is 6.98 Å². The Hall–Kier alpha value is -1.87. The van der Waals surface area contributed by atoms with E-state index in [1.54, 1.807) is 12.3 Å². The van der Waals surface area contributed by atoms with Gasteiger partial charge >= 0.3 is 0 Å². The van der Waals surface area contributed by atoms with Crippen molar-refractivity contribution in [2.75, 3.05) is 0 Å². The lowest BCUT2D eigenvalue weighted by Crippen LogP contribution is -1.88. The molecule has 1 aromatic carbocycles. The van der Waals surface area contributed by atoms with E-state index in [0.29, 0.717) is 11.2 Å². The third kappa shape index (κ3) is 1.68. The van der Waals surface area contributed by atoms with E-state index in [-0.39, 0.29) is 5.28 Å². The van der Waals surface area contributed by atoms with Crippen LogP contribution in [0.4, 0.5) is 0 Å². The lowest BCUT2D eigenvalue weighted by atomic mass is 10.1. The van der Waals surface area contributed by atoms with Gasteiger partial charge in [-0.3, -0.25) is 0 Å². The number of aromatic nitrogens is 3. The van der Waals surface area contributed by atoms with Gasteiger partial charge in [0.15, 0.2) is 5.65 Å². The van der Waals surface area contributed by atoms with Gasteiger partial charge in [-0.15, -0.1) is 0 Å². The number of rotatable bonds is 1. The molecule has 0 aliphatic rings. The van der Waals surface area contributed by atoms with Crippen LogP contribution in [0.2, 0.25) is 5.28 Å². The molecule has 0 saturated carbocycles. The van der Waals surface area contributed by atoms with E-state index in [1.165, 1.54) is 0 Å². The maximum absolute atomic E-state index is 7.53. The summed E-state index contributed by atoms with van der Waals surface area (Å²) in [5.41, 5.74) is 2.50. The summed E-state index contributed by atoms with van der Waals surface area (Å²) < 4.78 is 23.6. The minimum Gasteiger partial charge on any atom is -0.316 e. The Morgan fingerprint density at radius 3 is 2.82 bits per heavy atom. The maximum Gasteiger partial charge on any atom is 0.205 e. The van der Waals surface area contributed by atoms with Gasteiger partial charge in [-0.1, -0.05) is 30.3 Å². The van der Waals surface area contributed by atoms with Crippen molar-refractivity contribution in [1.82, 2.24) is 14.5 Å². The zero-order chi connectivity index (χ0) is 14.3. The van der Waals surface area contributed by atoms with Gasteiger partial charge in [0.2, 0.25) is 5.28 Å². The zero-order valence-corrected chi connectivity index (χ0v) is 9.52. The number of pyridine rings is 1. The molecule has 3 nitrogen and oxygen atoms in total. The average Bonchev–Trinajstić information content (AvgIpc) is 2.74. The SMILES string of the molecule is [2H]C([2H])([2H])n1c(Cl)nc2ncc(-c3ccccc3)cc21. The molecule has 4 heteroatoms. The molecule has 0 amide bonds. The minimum atomic E-state index is -2.39. The van der Waals surface area contributed by atoms with Crippen LogP contribution in [0.5, 0.6) is 0 Å². The first-order valence-electron chi connectivity index (χ1n) is 6.57. The normalized spacial score (nSPS) is 14.3. The molecule has 0 unspecified atom stereocenters. The Morgan fingerprint density at radius 2 is 2.06 bits per heavy atom. The molecule has 2 aromatic heterocycles. The summed E-state index contributed by atoms with van der Waals surface area (Å²) in [5.74, 6) is 0. The summed E-state index contributed by atoms with van der Waals surface area (Å²) in [6.07, 6.45) is 1.66. The van der Waals surface area contributed by atoms with Gasteiger partial charge in [0.25, 0.3) is 0 Å². The molecular formula is C13H10ClN3. The fourth-order valence-corrected chi connectivity index (χ4v) is 1.89. The number of hydrogen-bond acceptors (Lipinski definition) is 2. The van der Waals surface area contributed by atoms with E-state index in [0.717, 1.165) is 15.7 Å². The van der Waals surface area contributed by atoms with Crippen LogP contribution in [-0.4, -0.2) is 14.5 Å². The first-order chi connectivity index (χ1) is 9.47. The lowest BCUT2D eigenvalue weighted by molar-refractivity contribution is 0.949. The molecule has 0 atom stereocenters. The monoisotopic (exact) mass is 246 g/mol. The largest absolute Gasteiger partial charge is 0.316 e. The van der Waals surface area contributed by atoms with Crippen molar-refractivity contribution in [3.8, 4) is 11.1 Å². The highest BCUT2D eigenvalue weighted by Crippen LogP contribution is 2.23. The third-order valence-electron chi connectivity index (χ3n) is 2.58. The predicted octanol–water partition coefficient (Wildman–Crippen LogP) is 3.29. The minimum absolute atomic E-state index is 0.0855. The average molecular weight is 247 g/mol. The standard InChI is InChI=1S/C13H10ClN3/c1-17-11-7-10(9-5-3-2-4-6-9)8-15-12(11)16-13(17)14/h2-8H,1H3/i1D3. The van der Waals surface area contributed by atoms with Crippen LogP contribution in [-0.2, 0) is 6.98 Å². The molecule has 17 heavy (non-hydrogen) atoms. The van der Waals surface area contributed by atoms with Crippen LogP contribution in [0.3, 0.4) is 0 Å². The molecule has 0 spiro atoms. The predicted molar refractivity (Wildman–Crippen MR) is 69.0 cm³/mol. The summed E-state index contributed by atoms with van der Waals surface area (Å²) in [5, 5.41) is -0.0855. The van der Waals surface area contributed by atoms with Crippen LogP contribution >= 0.6 is 11.6 Å². The van der Waals surface area contributed by atoms with Crippen LogP contribution in [0.1, 0.15) is 4.11 Å². The fraction of sp³-hybridized carbons (Fsp3) is 0.0769. The van der Waals surface area contributed by atoms with E-state index >= 15 is 0 Å². The van der Waals surface area contributed by atoms with Crippen molar-refractivity contribution in [2.45, 2.75) is 0 Å². The molecule has 3 rings (SSSR count). The highest BCUT2D eigenvalue weighted by Gasteiger charge is 2.08. The number of benzene rings is 1. The summed E-state index contributed by atoms with van der Waals surface area (Å²) in [6, 6.07) is 11.3. The van der Waals surface area contributed by atoms with Gasteiger partial charge in [0.05, 0.1) is 5.52 Å². The topological polar surface area (TPSA) is 30.7 Å².